The van der Waals surface area contributed by atoms with Gasteiger partial charge in [0.05, 0.1) is 17.6 Å². The fourth-order valence-electron chi connectivity index (χ4n) is 1.42. The SMILES string of the molecule is C=CCN(CCC)c1ccncc1N. The van der Waals surface area contributed by atoms with Gasteiger partial charge >= 0.3 is 0 Å². The number of pyridine rings is 1. The number of hydrogen-bond donors (Lipinski definition) is 1. The van der Waals surface area contributed by atoms with Crippen molar-refractivity contribution < 1.29 is 0 Å². The fourth-order valence-corrected chi connectivity index (χ4v) is 1.42. The standard InChI is InChI=1S/C11H17N3/c1-3-7-14(8-4-2)11-5-6-13-9-10(11)12/h3,5-6,9H,1,4,7-8,12H2,2H3. The molecule has 0 aliphatic rings. The molecule has 0 bridgehead atoms. The molecular weight excluding hydrogens is 174 g/mol. The zero-order valence-electron chi connectivity index (χ0n) is 8.61. The van der Waals surface area contributed by atoms with E-state index in [1.54, 1.807) is 12.4 Å². The van der Waals surface area contributed by atoms with Gasteiger partial charge in [0, 0.05) is 19.3 Å². The van der Waals surface area contributed by atoms with Crippen molar-refractivity contribution in [2.45, 2.75) is 13.3 Å². The topological polar surface area (TPSA) is 42.2 Å². The van der Waals surface area contributed by atoms with Crippen molar-refractivity contribution in [2.75, 3.05) is 23.7 Å². The van der Waals surface area contributed by atoms with Gasteiger partial charge in [0.15, 0.2) is 0 Å². The molecule has 0 amide bonds. The third-order valence-electron chi connectivity index (χ3n) is 2.01. The van der Waals surface area contributed by atoms with Crippen molar-refractivity contribution >= 4 is 11.4 Å². The molecule has 0 atom stereocenters. The number of rotatable bonds is 5. The Morgan fingerprint density at radius 3 is 3.00 bits per heavy atom. The van der Waals surface area contributed by atoms with Crippen LogP contribution >= 0.6 is 0 Å². The van der Waals surface area contributed by atoms with E-state index >= 15 is 0 Å². The van der Waals surface area contributed by atoms with Crippen LogP contribution in [0.2, 0.25) is 0 Å². The molecule has 3 heteroatoms. The Labute approximate surface area is 85.3 Å². The second kappa shape index (κ2) is 5.27. The summed E-state index contributed by atoms with van der Waals surface area (Å²) < 4.78 is 0. The van der Waals surface area contributed by atoms with Gasteiger partial charge in [-0.1, -0.05) is 13.0 Å². The maximum atomic E-state index is 5.84. The molecule has 14 heavy (non-hydrogen) atoms. The summed E-state index contributed by atoms with van der Waals surface area (Å²) in [4.78, 5) is 6.17. The van der Waals surface area contributed by atoms with E-state index in [0.29, 0.717) is 0 Å². The van der Waals surface area contributed by atoms with Gasteiger partial charge in [0.25, 0.3) is 0 Å². The molecule has 1 aromatic rings. The summed E-state index contributed by atoms with van der Waals surface area (Å²) in [5.74, 6) is 0. The zero-order valence-corrected chi connectivity index (χ0v) is 8.61. The van der Waals surface area contributed by atoms with Crippen LogP contribution in [0.3, 0.4) is 0 Å². The molecule has 2 N–H and O–H groups in total. The van der Waals surface area contributed by atoms with Gasteiger partial charge in [-0.05, 0) is 12.5 Å². The van der Waals surface area contributed by atoms with Crippen LogP contribution in [0.4, 0.5) is 11.4 Å². The van der Waals surface area contributed by atoms with E-state index in [0.717, 1.165) is 30.9 Å². The molecule has 0 unspecified atom stereocenters. The summed E-state index contributed by atoms with van der Waals surface area (Å²) in [5, 5.41) is 0. The number of nitrogens with zero attached hydrogens (tertiary/aromatic N) is 2. The number of nitrogens with two attached hydrogens (primary N) is 1. The van der Waals surface area contributed by atoms with E-state index in [9.17, 15) is 0 Å². The fraction of sp³-hybridized carbons (Fsp3) is 0.364. The Morgan fingerprint density at radius 2 is 2.43 bits per heavy atom. The van der Waals surface area contributed by atoms with E-state index in [4.69, 9.17) is 5.73 Å². The molecule has 1 heterocycles. The summed E-state index contributed by atoms with van der Waals surface area (Å²) in [5.41, 5.74) is 7.61. The molecule has 0 saturated heterocycles. The summed E-state index contributed by atoms with van der Waals surface area (Å²) in [6.45, 7) is 7.69. The highest BCUT2D eigenvalue weighted by atomic mass is 15.1. The minimum atomic E-state index is 0.725. The van der Waals surface area contributed by atoms with Crippen LogP contribution in [0, 0.1) is 0 Å². The lowest BCUT2D eigenvalue weighted by Gasteiger charge is -2.23. The monoisotopic (exact) mass is 191 g/mol. The molecule has 0 aromatic carbocycles. The van der Waals surface area contributed by atoms with Gasteiger partial charge in [0.2, 0.25) is 0 Å². The highest BCUT2D eigenvalue weighted by molar-refractivity contribution is 5.66. The Balaban J connectivity index is 2.86. The number of anilines is 2. The highest BCUT2D eigenvalue weighted by Gasteiger charge is 2.06. The highest BCUT2D eigenvalue weighted by Crippen LogP contribution is 2.21. The minimum absolute atomic E-state index is 0.725. The molecule has 0 spiro atoms. The first-order valence-corrected chi connectivity index (χ1v) is 4.85. The maximum absolute atomic E-state index is 5.84. The predicted molar refractivity (Wildman–Crippen MR) is 61.4 cm³/mol. The van der Waals surface area contributed by atoms with Crippen LogP contribution in [-0.4, -0.2) is 18.1 Å². The number of aromatic nitrogens is 1. The molecule has 0 aliphatic carbocycles. The second-order valence-corrected chi connectivity index (χ2v) is 3.17. The van der Waals surface area contributed by atoms with Crippen LogP contribution in [0.25, 0.3) is 0 Å². The van der Waals surface area contributed by atoms with Gasteiger partial charge < -0.3 is 10.6 Å². The number of hydrogen-bond acceptors (Lipinski definition) is 3. The summed E-state index contributed by atoms with van der Waals surface area (Å²) in [6.07, 6.45) is 6.42. The molecule has 0 radical (unpaired) electrons. The Kier molecular flexibility index (Phi) is 3.98. The molecule has 76 valence electrons. The molecule has 0 fully saturated rings. The van der Waals surface area contributed by atoms with Crippen LogP contribution in [0.15, 0.2) is 31.1 Å². The van der Waals surface area contributed by atoms with Gasteiger partial charge in [-0.15, -0.1) is 6.58 Å². The first kappa shape index (κ1) is 10.6. The summed E-state index contributed by atoms with van der Waals surface area (Å²) in [7, 11) is 0. The zero-order chi connectivity index (χ0) is 10.4. The van der Waals surface area contributed by atoms with Crippen LogP contribution < -0.4 is 10.6 Å². The van der Waals surface area contributed by atoms with Crippen molar-refractivity contribution in [2.24, 2.45) is 0 Å². The first-order chi connectivity index (χ1) is 6.79. The summed E-state index contributed by atoms with van der Waals surface area (Å²) >= 11 is 0. The third kappa shape index (κ3) is 2.49. The van der Waals surface area contributed by atoms with Crippen molar-refractivity contribution in [3.05, 3.63) is 31.1 Å². The number of nitrogen functional groups attached to an aromatic ring is 1. The maximum Gasteiger partial charge on any atom is 0.0738 e. The van der Waals surface area contributed by atoms with Crippen molar-refractivity contribution in [3.8, 4) is 0 Å². The normalized spacial score (nSPS) is 9.79. The van der Waals surface area contributed by atoms with E-state index in [-0.39, 0.29) is 0 Å². The van der Waals surface area contributed by atoms with E-state index in [1.165, 1.54) is 0 Å². The molecule has 0 aliphatic heterocycles. The van der Waals surface area contributed by atoms with Gasteiger partial charge in [-0.2, -0.15) is 0 Å². The van der Waals surface area contributed by atoms with Crippen LogP contribution in [0.1, 0.15) is 13.3 Å². The van der Waals surface area contributed by atoms with E-state index < -0.39 is 0 Å². The van der Waals surface area contributed by atoms with Crippen LogP contribution in [-0.2, 0) is 0 Å². The quantitative estimate of drug-likeness (QED) is 0.724. The smallest absolute Gasteiger partial charge is 0.0738 e. The Bertz CT molecular complexity index is 296. The van der Waals surface area contributed by atoms with Crippen molar-refractivity contribution in [3.63, 3.8) is 0 Å². The average molecular weight is 191 g/mol. The van der Waals surface area contributed by atoms with Crippen molar-refractivity contribution in [1.82, 2.24) is 4.98 Å². The van der Waals surface area contributed by atoms with Gasteiger partial charge in [-0.25, -0.2) is 0 Å². The molecule has 1 rings (SSSR count). The first-order valence-electron chi connectivity index (χ1n) is 4.85. The summed E-state index contributed by atoms with van der Waals surface area (Å²) in [6, 6.07) is 1.94. The van der Waals surface area contributed by atoms with E-state index in [2.05, 4.69) is 23.4 Å². The molecule has 0 saturated carbocycles. The lowest BCUT2D eigenvalue weighted by Crippen LogP contribution is -2.24. The van der Waals surface area contributed by atoms with E-state index in [1.807, 2.05) is 12.1 Å². The Morgan fingerprint density at radius 1 is 1.64 bits per heavy atom. The van der Waals surface area contributed by atoms with Crippen molar-refractivity contribution in [1.29, 1.82) is 0 Å². The lowest BCUT2D eigenvalue weighted by atomic mass is 10.3. The predicted octanol–water partition coefficient (Wildman–Crippen LogP) is 2.07. The second-order valence-electron chi connectivity index (χ2n) is 3.17. The largest absolute Gasteiger partial charge is 0.396 e. The average Bonchev–Trinajstić information content (AvgIpc) is 2.18. The van der Waals surface area contributed by atoms with Gasteiger partial charge in [-0.3, -0.25) is 4.98 Å². The minimum Gasteiger partial charge on any atom is -0.396 e. The molecule has 1 aromatic heterocycles. The van der Waals surface area contributed by atoms with Crippen LogP contribution in [0.5, 0.6) is 0 Å². The molecular formula is C11H17N3. The molecule has 3 nitrogen and oxygen atoms in total. The third-order valence-corrected chi connectivity index (χ3v) is 2.01. The lowest BCUT2D eigenvalue weighted by molar-refractivity contribution is 0.817. The Hall–Kier alpha value is -1.51. The van der Waals surface area contributed by atoms with Gasteiger partial charge in [0.1, 0.15) is 0 Å².